The molecule has 7 nitrogen and oxygen atoms in total. The van der Waals surface area contributed by atoms with Crippen LogP contribution in [0.15, 0.2) is 35.7 Å². The van der Waals surface area contributed by atoms with Crippen molar-refractivity contribution >= 4 is 34.1 Å². The summed E-state index contributed by atoms with van der Waals surface area (Å²) in [6.07, 6.45) is -1.06. The second-order valence-electron chi connectivity index (χ2n) is 4.76. The van der Waals surface area contributed by atoms with E-state index in [1.54, 1.807) is 23.6 Å². The molecule has 1 aromatic heterocycles. The van der Waals surface area contributed by atoms with Gasteiger partial charge in [0.1, 0.15) is 16.3 Å². The summed E-state index contributed by atoms with van der Waals surface area (Å²) in [6.45, 7) is 1.43. The number of para-hydroxylation sites is 1. The van der Waals surface area contributed by atoms with Crippen molar-refractivity contribution in [3.63, 3.8) is 0 Å². The van der Waals surface area contributed by atoms with Gasteiger partial charge in [0.25, 0.3) is 11.8 Å². The summed E-state index contributed by atoms with van der Waals surface area (Å²) < 4.78 is 10.2. The quantitative estimate of drug-likeness (QED) is 0.777. The molecule has 2 rings (SSSR count). The van der Waals surface area contributed by atoms with Gasteiger partial charge in [0.05, 0.1) is 12.7 Å². The Labute approximate surface area is 142 Å². The SMILES string of the molecule is COc1ccccc1C(=O)OC(C)C(=O)Nc1sccc1C(N)=O. The Kier molecular flexibility index (Phi) is 5.54. The van der Waals surface area contributed by atoms with E-state index < -0.39 is 23.9 Å². The Morgan fingerprint density at radius 3 is 2.54 bits per heavy atom. The maximum atomic E-state index is 12.2. The number of benzene rings is 1. The molecule has 3 N–H and O–H groups in total. The highest BCUT2D eigenvalue weighted by atomic mass is 32.1. The van der Waals surface area contributed by atoms with Gasteiger partial charge in [0.15, 0.2) is 6.10 Å². The normalized spacial score (nSPS) is 11.4. The van der Waals surface area contributed by atoms with Gasteiger partial charge in [-0.2, -0.15) is 0 Å². The highest BCUT2D eigenvalue weighted by Gasteiger charge is 2.22. The van der Waals surface area contributed by atoms with E-state index in [2.05, 4.69) is 5.32 Å². The molecule has 0 aliphatic carbocycles. The van der Waals surface area contributed by atoms with Crippen LogP contribution >= 0.6 is 11.3 Å². The third-order valence-electron chi connectivity index (χ3n) is 3.15. The summed E-state index contributed by atoms with van der Waals surface area (Å²) in [7, 11) is 1.43. The molecular formula is C16H16N2O5S. The molecule has 2 aromatic rings. The third-order valence-corrected chi connectivity index (χ3v) is 3.98. The number of nitrogens with two attached hydrogens (primary N) is 1. The number of thiophene rings is 1. The van der Waals surface area contributed by atoms with E-state index in [0.717, 1.165) is 11.3 Å². The number of rotatable bonds is 6. The molecule has 2 amide bonds. The molecule has 0 radical (unpaired) electrons. The number of ether oxygens (including phenoxy) is 2. The lowest BCUT2D eigenvalue weighted by molar-refractivity contribution is -0.123. The molecule has 0 spiro atoms. The zero-order valence-electron chi connectivity index (χ0n) is 13.1. The predicted molar refractivity (Wildman–Crippen MR) is 89.3 cm³/mol. The topological polar surface area (TPSA) is 108 Å². The number of esters is 1. The first-order chi connectivity index (χ1) is 11.4. The van der Waals surface area contributed by atoms with Crippen LogP contribution in [0, 0.1) is 0 Å². The molecule has 126 valence electrons. The van der Waals surface area contributed by atoms with Gasteiger partial charge in [-0.1, -0.05) is 12.1 Å². The molecule has 0 saturated carbocycles. The fourth-order valence-corrected chi connectivity index (χ4v) is 2.70. The van der Waals surface area contributed by atoms with Gasteiger partial charge < -0.3 is 20.5 Å². The molecule has 0 aliphatic rings. The molecule has 24 heavy (non-hydrogen) atoms. The Hall–Kier alpha value is -2.87. The van der Waals surface area contributed by atoms with E-state index in [1.165, 1.54) is 26.2 Å². The average Bonchev–Trinajstić information content (AvgIpc) is 3.02. The van der Waals surface area contributed by atoms with E-state index in [0.29, 0.717) is 10.8 Å². The number of methoxy groups -OCH3 is 1. The molecule has 1 atom stereocenters. The summed E-state index contributed by atoms with van der Waals surface area (Å²) in [5.74, 6) is -1.55. The van der Waals surface area contributed by atoms with Crippen molar-refractivity contribution in [1.82, 2.24) is 0 Å². The number of hydrogen-bond donors (Lipinski definition) is 2. The number of hydrogen-bond acceptors (Lipinski definition) is 6. The van der Waals surface area contributed by atoms with Crippen molar-refractivity contribution in [3.05, 3.63) is 46.8 Å². The fourth-order valence-electron chi connectivity index (χ4n) is 1.90. The largest absolute Gasteiger partial charge is 0.496 e. The van der Waals surface area contributed by atoms with Crippen LogP contribution in [0.1, 0.15) is 27.6 Å². The molecule has 8 heteroatoms. The Balaban J connectivity index is 2.05. The van der Waals surface area contributed by atoms with Crippen LogP contribution in [0.2, 0.25) is 0 Å². The van der Waals surface area contributed by atoms with Crippen molar-refractivity contribution in [2.45, 2.75) is 13.0 Å². The molecule has 0 aliphatic heterocycles. The first-order valence-corrected chi connectivity index (χ1v) is 7.84. The minimum atomic E-state index is -1.06. The van der Waals surface area contributed by atoms with Gasteiger partial charge in [-0.25, -0.2) is 4.79 Å². The van der Waals surface area contributed by atoms with Crippen molar-refractivity contribution < 1.29 is 23.9 Å². The molecule has 0 fully saturated rings. The first kappa shape index (κ1) is 17.5. The van der Waals surface area contributed by atoms with Crippen LogP contribution in [-0.4, -0.2) is 31.0 Å². The smallest absolute Gasteiger partial charge is 0.342 e. The lowest BCUT2D eigenvalue weighted by Gasteiger charge is -2.14. The summed E-state index contributed by atoms with van der Waals surface area (Å²) in [5.41, 5.74) is 5.64. The van der Waals surface area contributed by atoms with E-state index in [1.807, 2.05) is 0 Å². The van der Waals surface area contributed by atoms with Gasteiger partial charge in [0.2, 0.25) is 0 Å². The second-order valence-corrected chi connectivity index (χ2v) is 5.68. The molecular weight excluding hydrogens is 332 g/mol. The zero-order chi connectivity index (χ0) is 17.7. The van der Waals surface area contributed by atoms with Crippen LogP contribution in [0.25, 0.3) is 0 Å². The highest BCUT2D eigenvalue weighted by molar-refractivity contribution is 7.14. The molecule has 0 bridgehead atoms. The Bertz CT molecular complexity index is 771. The van der Waals surface area contributed by atoms with E-state index in [9.17, 15) is 14.4 Å². The van der Waals surface area contributed by atoms with Gasteiger partial charge in [0, 0.05) is 0 Å². The van der Waals surface area contributed by atoms with Gasteiger partial charge in [-0.3, -0.25) is 9.59 Å². The first-order valence-electron chi connectivity index (χ1n) is 6.96. The van der Waals surface area contributed by atoms with Crippen LogP contribution in [0.5, 0.6) is 5.75 Å². The number of anilines is 1. The van der Waals surface area contributed by atoms with Crippen LogP contribution in [0.4, 0.5) is 5.00 Å². The summed E-state index contributed by atoms with van der Waals surface area (Å²) >= 11 is 1.15. The van der Waals surface area contributed by atoms with Crippen LogP contribution in [-0.2, 0) is 9.53 Å². The molecule has 1 aromatic carbocycles. The minimum Gasteiger partial charge on any atom is -0.496 e. The summed E-state index contributed by atoms with van der Waals surface area (Å²) in [4.78, 5) is 35.6. The predicted octanol–water partition coefficient (Wildman–Crippen LogP) is 2.04. The Morgan fingerprint density at radius 1 is 1.17 bits per heavy atom. The third kappa shape index (κ3) is 3.90. The van der Waals surface area contributed by atoms with Gasteiger partial charge >= 0.3 is 5.97 Å². The standard InChI is InChI=1S/C16H16N2O5S/c1-9(14(20)18-15-11(13(17)19)7-8-24-15)23-16(21)10-5-3-4-6-12(10)22-2/h3-9H,1-2H3,(H2,17,19)(H,18,20). The lowest BCUT2D eigenvalue weighted by Crippen LogP contribution is -2.30. The number of nitrogens with one attached hydrogen (secondary N) is 1. The molecule has 1 heterocycles. The van der Waals surface area contributed by atoms with Gasteiger partial charge in [-0.15, -0.1) is 11.3 Å². The number of amides is 2. The highest BCUT2D eigenvalue weighted by Crippen LogP contribution is 2.23. The molecule has 0 saturated heterocycles. The van der Waals surface area contributed by atoms with Crippen LogP contribution < -0.4 is 15.8 Å². The van der Waals surface area contributed by atoms with Crippen molar-refractivity contribution in [2.75, 3.05) is 12.4 Å². The monoisotopic (exact) mass is 348 g/mol. The number of carbonyl (C=O) groups excluding carboxylic acids is 3. The second kappa shape index (κ2) is 7.60. The van der Waals surface area contributed by atoms with E-state index in [-0.39, 0.29) is 11.1 Å². The zero-order valence-corrected chi connectivity index (χ0v) is 13.9. The minimum absolute atomic E-state index is 0.205. The number of primary amides is 1. The van der Waals surface area contributed by atoms with Crippen molar-refractivity contribution in [1.29, 1.82) is 0 Å². The summed E-state index contributed by atoms with van der Waals surface area (Å²) in [6, 6.07) is 8.04. The maximum Gasteiger partial charge on any atom is 0.342 e. The van der Waals surface area contributed by atoms with Crippen molar-refractivity contribution in [3.8, 4) is 5.75 Å². The summed E-state index contributed by atoms with van der Waals surface area (Å²) in [5, 5.41) is 4.47. The fraction of sp³-hybridized carbons (Fsp3) is 0.188. The van der Waals surface area contributed by atoms with Gasteiger partial charge in [-0.05, 0) is 30.5 Å². The number of carbonyl (C=O) groups is 3. The van der Waals surface area contributed by atoms with Crippen molar-refractivity contribution in [2.24, 2.45) is 5.73 Å². The van der Waals surface area contributed by atoms with E-state index in [4.69, 9.17) is 15.2 Å². The average molecular weight is 348 g/mol. The maximum absolute atomic E-state index is 12.2. The van der Waals surface area contributed by atoms with Crippen LogP contribution in [0.3, 0.4) is 0 Å². The molecule has 1 unspecified atom stereocenters. The lowest BCUT2D eigenvalue weighted by atomic mass is 10.2. The Morgan fingerprint density at radius 2 is 1.88 bits per heavy atom. The van der Waals surface area contributed by atoms with E-state index >= 15 is 0 Å².